The lowest BCUT2D eigenvalue weighted by molar-refractivity contribution is -0.125. The Morgan fingerprint density at radius 2 is 2.00 bits per heavy atom. The van der Waals surface area contributed by atoms with Crippen molar-refractivity contribution in [1.29, 1.82) is 0 Å². The Balaban J connectivity index is 2.04. The van der Waals surface area contributed by atoms with Crippen LogP contribution in [0.2, 0.25) is 0 Å². The molecule has 1 aliphatic carbocycles. The maximum Gasteiger partial charge on any atom is 0.237 e. The van der Waals surface area contributed by atoms with Crippen LogP contribution in [0.5, 0.6) is 0 Å². The van der Waals surface area contributed by atoms with Gasteiger partial charge >= 0.3 is 0 Å². The minimum absolute atomic E-state index is 0.0465. The lowest BCUT2D eigenvalue weighted by Gasteiger charge is -2.41. The van der Waals surface area contributed by atoms with Crippen LogP contribution in [0.1, 0.15) is 32.1 Å². The topological polar surface area (TPSA) is 106 Å². The van der Waals surface area contributed by atoms with Gasteiger partial charge in [0.2, 0.25) is 5.91 Å². The van der Waals surface area contributed by atoms with Crippen LogP contribution < -0.4 is 11.5 Å². The van der Waals surface area contributed by atoms with E-state index < -0.39 is 21.3 Å². The number of primary amides is 1. The zero-order valence-electron chi connectivity index (χ0n) is 11.3. The molecule has 4 N–H and O–H groups in total. The highest BCUT2D eigenvalue weighted by Gasteiger charge is 2.41. The molecule has 0 aromatic carbocycles. The van der Waals surface area contributed by atoms with E-state index in [4.69, 9.17) is 11.5 Å². The molecule has 1 aliphatic heterocycles. The Bertz CT molecular complexity index is 465. The molecule has 0 aromatic heterocycles. The molecule has 0 spiro atoms. The predicted octanol–water partition coefficient (Wildman–Crippen LogP) is -0.769. The van der Waals surface area contributed by atoms with Gasteiger partial charge in [0, 0.05) is 12.1 Å². The molecule has 3 atom stereocenters. The maximum absolute atomic E-state index is 11.5. The van der Waals surface area contributed by atoms with Gasteiger partial charge in [-0.1, -0.05) is 0 Å². The molecule has 1 heterocycles. The van der Waals surface area contributed by atoms with E-state index in [0.29, 0.717) is 19.3 Å². The monoisotopic (exact) mass is 289 g/mol. The first-order valence-electron chi connectivity index (χ1n) is 6.75. The smallest absolute Gasteiger partial charge is 0.237 e. The number of hydrogen-bond donors (Lipinski definition) is 2. The number of nitrogens with zero attached hydrogens (tertiary/aromatic N) is 1. The van der Waals surface area contributed by atoms with Crippen molar-refractivity contribution in [2.75, 3.05) is 18.6 Å². The van der Waals surface area contributed by atoms with Gasteiger partial charge in [-0.05, 0) is 39.2 Å². The summed E-state index contributed by atoms with van der Waals surface area (Å²) in [5.41, 5.74) is 10.5. The van der Waals surface area contributed by atoms with Crippen LogP contribution in [-0.4, -0.2) is 55.4 Å². The van der Waals surface area contributed by atoms with Gasteiger partial charge < -0.3 is 11.5 Å². The van der Waals surface area contributed by atoms with Gasteiger partial charge in [0.05, 0.1) is 17.0 Å². The third-order valence-electron chi connectivity index (χ3n) is 4.61. The molecule has 110 valence electrons. The molecule has 19 heavy (non-hydrogen) atoms. The number of hydrogen-bond acceptors (Lipinski definition) is 5. The average Bonchev–Trinajstić information content (AvgIpc) is 2.68. The highest BCUT2D eigenvalue weighted by atomic mass is 32.2. The fourth-order valence-electron chi connectivity index (χ4n) is 3.24. The fourth-order valence-corrected chi connectivity index (χ4v) is 5.03. The summed E-state index contributed by atoms with van der Waals surface area (Å²) in [6.07, 6.45) is 3.61. The van der Waals surface area contributed by atoms with E-state index in [1.165, 1.54) is 0 Å². The Hall–Kier alpha value is -0.660. The molecule has 3 unspecified atom stereocenters. The predicted molar refractivity (Wildman–Crippen MR) is 73.2 cm³/mol. The summed E-state index contributed by atoms with van der Waals surface area (Å²) in [5, 5.41) is 0. The van der Waals surface area contributed by atoms with Crippen molar-refractivity contribution in [2.24, 2.45) is 11.5 Å². The Morgan fingerprint density at radius 3 is 2.53 bits per heavy atom. The molecule has 1 saturated carbocycles. The first kappa shape index (κ1) is 14.7. The van der Waals surface area contributed by atoms with Gasteiger partial charge in [0.1, 0.15) is 0 Å². The van der Waals surface area contributed by atoms with Crippen LogP contribution in [0.25, 0.3) is 0 Å². The number of carbonyl (C=O) groups excluding carboxylic acids is 1. The van der Waals surface area contributed by atoms with Crippen molar-refractivity contribution in [1.82, 2.24) is 4.90 Å². The SMILES string of the molecule is CN(C1CCCC(N)(C(N)=O)C1)C1CCS(=O)(=O)C1. The van der Waals surface area contributed by atoms with Gasteiger partial charge in [-0.15, -0.1) is 0 Å². The third kappa shape index (κ3) is 3.09. The van der Waals surface area contributed by atoms with Crippen LogP contribution in [-0.2, 0) is 14.6 Å². The Kier molecular flexibility index (Phi) is 3.90. The average molecular weight is 289 g/mol. The first-order valence-corrected chi connectivity index (χ1v) is 8.57. The molecule has 2 rings (SSSR count). The standard InChI is InChI=1S/C12H23N3O3S/c1-15(10-4-6-19(17,18)8-10)9-3-2-5-12(14,7-9)11(13)16/h9-10H,2-8,14H2,1H3,(H2,13,16). The van der Waals surface area contributed by atoms with E-state index in [2.05, 4.69) is 4.90 Å². The maximum atomic E-state index is 11.5. The zero-order chi connectivity index (χ0) is 14.3. The van der Waals surface area contributed by atoms with Gasteiger partial charge in [-0.25, -0.2) is 8.42 Å². The second kappa shape index (κ2) is 5.03. The number of rotatable bonds is 3. The van der Waals surface area contributed by atoms with Crippen molar-refractivity contribution in [3.05, 3.63) is 0 Å². The lowest BCUT2D eigenvalue weighted by atomic mass is 9.78. The van der Waals surface area contributed by atoms with Crippen LogP contribution in [0.3, 0.4) is 0 Å². The van der Waals surface area contributed by atoms with E-state index in [1.807, 2.05) is 7.05 Å². The Labute approximate surface area is 114 Å². The van der Waals surface area contributed by atoms with Crippen LogP contribution in [0, 0.1) is 0 Å². The van der Waals surface area contributed by atoms with E-state index >= 15 is 0 Å². The summed E-state index contributed by atoms with van der Waals surface area (Å²) < 4.78 is 23.1. The third-order valence-corrected chi connectivity index (χ3v) is 6.36. The highest BCUT2D eigenvalue weighted by molar-refractivity contribution is 7.91. The van der Waals surface area contributed by atoms with E-state index in [-0.39, 0.29) is 23.6 Å². The zero-order valence-corrected chi connectivity index (χ0v) is 12.2. The van der Waals surface area contributed by atoms with Gasteiger partial charge in [0.15, 0.2) is 9.84 Å². The molecule has 0 radical (unpaired) electrons. The minimum atomic E-state index is -2.89. The van der Waals surface area contributed by atoms with E-state index in [0.717, 1.165) is 12.8 Å². The molecule has 1 amide bonds. The molecular weight excluding hydrogens is 266 g/mol. The summed E-state index contributed by atoms with van der Waals surface area (Å²) >= 11 is 0. The van der Waals surface area contributed by atoms with Crippen LogP contribution >= 0.6 is 0 Å². The van der Waals surface area contributed by atoms with Gasteiger partial charge in [-0.3, -0.25) is 9.69 Å². The summed E-state index contributed by atoms with van der Waals surface area (Å²) in [6.45, 7) is 0. The lowest BCUT2D eigenvalue weighted by Crippen LogP contribution is -2.58. The van der Waals surface area contributed by atoms with Gasteiger partial charge in [0.25, 0.3) is 0 Å². The van der Waals surface area contributed by atoms with E-state index in [9.17, 15) is 13.2 Å². The second-order valence-electron chi connectivity index (χ2n) is 5.99. The van der Waals surface area contributed by atoms with Crippen molar-refractivity contribution in [2.45, 2.75) is 49.7 Å². The van der Waals surface area contributed by atoms with Crippen molar-refractivity contribution >= 4 is 15.7 Å². The fraction of sp³-hybridized carbons (Fsp3) is 0.917. The molecule has 6 nitrogen and oxygen atoms in total. The highest BCUT2D eigenvalue weighted by Crippen LogP contribution is 2.31. The summed E-state index contributed by atoms with van der Waals surface area (Å²) in [4.78, 5) is 13.5. The van der Waals surface area contributed by atoms with Gasteiger partial charge in [-0.2, -0.15) is 0 Å². The van der Waals surface area contributed by atoms with Crippen LogP contribution in [0.15, 0.2) is 0 Å². The summed E-state index contributed by atoms with van der Waals surface area (Å²) in [7, 11) is -0.955. The number of sulfone groups is 1. The second-order valence-corrected chi connectivity index (χ2v) is 8.22. The largest absolute Gasteiger partial charge is 0.368 e. The summed E-state index contributed by atoms with van der Waals surface area (Å²) in [5.74, 6) is 0.0246. The van der Waals surface area contributed by atoms with Crippen molar-refractivity contribution in [3.8, 4) is 0 Å². The molecule has 1 saturated heterocycles. The minimum Gasteiger partial charge on any atom is -0.368 e. The quantitative estimate of drug-likeness (QED) is 0.709. The molecule has 2 aliphatic rings. The molecule has 7 heteroatoms. The molecular formula is C12H23N3O3S. The number of nitrogens with two attached hydrogens (primary N) is 2. The van der Waals surface area contributed by atoms with Crippen molar-refractivity contribution < 1.29 is 13.2 Å². The van der Waals surface area contributed by atoms with E-state index in [1.54, 1.807) is 0 Å². The van der Waals surface area contributed by atoms with Crippen molar-refractivity contribution in [3.63, 3.8) is 0 Å². The van der Waals surface area contributed by atoms with Crippen LogP contribution in [0.4, 0.5) is 0 Å². The molecule has 2 fully saturated rings. The summed E-state index contributed by atoms with van der Waals surface area (Å²) in [6, 6.07) is 0.190. The number of carbonyl (C=O) groups is 1. The first-order chi connectivity index (χ1) is 8.73. The Morgan fingerprint density at radius 1 is 1.32 bits per heavy atom. The molecule has 0 aromatic rings. The molecule has 0 bridgehead atoms. The number of amides is 1. The normalized spacial score (nSPS) is 38.5.